The molecule has 0 unspecified atom stereocenters. The Balaban J connectivity index is 1.79. The number of hydrogen-bond donors (Lipinski definition) is 2. The van der Waals surface area contributed by atoms with Crippen molar-refractivity contribution in [2.45, 2.75) is 31.7 Å². The van der Waals surface area contributed by atoms with E-state index in [0.717, 1.165) is 30.8 Å². The first-order chi connectivity index (χ1) is 14.3. The van der Waals surface area contributed by atoms with E-state index < -0.39 is 11.4 Å². The lowest BCUT2D eigenvalue weighted by Crippen LogP contribution is -2.57. The molecule has 4 N–H and O–H groups in total. The molecule has 1 aliphatic heterocycles. The third kappa shape index (κ3) is 6.84. The monoisotopic (exact) mass is 434 g/mol. The molecule has 0 radical (unpaired) electrons. The summed E-state index contributed by atoms with van der Waals surface area (Å²) in [7, 11) is 1.78. The van der Waals surface area contributed by atoms with Gasteiger partial charge in [-0.05, 0) is 49.4 Å². The SMILES string of the molecule is C=CCOCCN(C)C(=O)c1ccc(CCSN2CCC(N)(C(N)=O)CC2)c(C)c1. The predicted molar refractivity (Wildman–Crippen MR) is 122 cm³/mol. The number of aryl methyl sites for hydroxylation is 2. The van der Waals surface area contributed by atoms with Crippen molar-refractivity contribution in [3.63, 3.8) is 0 Å². The van der Waals surface area contributed by atoms with Gasteiger partial charge in [0.15, 0.2) is 0 Å². The molecule has 30 heavy (non-hydrogen) atoms. The number of primary amides is 1. The summed E-state index contributed by atoms with van der Waals surface area (Å²) in [6.07, 6.45) is 3.80. The zero-order chi connectivity index (χ0) is 22.1. The van der Waals surface area contributed by atoms with Gasteiger partial charge >= 0.3 is 0 Å². The van der Waals surface area contributed by atoms with Crippen LogP contribution in [0.15, 0.2) is 30.9 Å². The van der Waals surface area contributed by atoms with E-state index in [0.29, 0.717) is 38.2 Å². The number of piperidine rings is 1. The molecule has 2 rings (SSSR count). The fraction of sp³-hybridized carbons (Fsp3) is 0.545. The first-order valence-corrected chi connectivity index (χ1v) is 11.2. The number of rotatable bonds is 11. The molecule has 0 spiro atoms. The summed E-state index contributed by atoms with van der Waals surface area (Å²) < 4.78 is 7.61. The quantitative estimate of drug-likeness (QED) is 0.312. The molecule has 166 valence electrons. The second kappa shape index (κ2) is 11.5. The molecule has 7 nitrogen and oxygen atoms in total. The van der Waals surface area contributed by atoms with E-state index in [1.54, 1.807) is 30.0 Å². The van der Waals surface area contributed by atoms with Crippen molar-refractivity contribution in [3.05, 3.63) is 47.5 Å². The Morgan fingerprint density at radius 3 is 2.67 bits per heavy atom. The highest BCUT2D eigenvalue weighted by Gasteiger charge is 2.35. The number of ether oxygens (including phenoxy) is 1. The minimum atomic E-state index is -0.860. The van der Waals surface area contributed by atoms with Crippen molar-refractivity contribution in [2.75, 3.05) is 45.6 Å². The highest BCUT2D eigenvalue weighted by Crippen LogP contribution is 2.25. The highest BCUT2D eigenvalue weighted by molar-refractivity contribution is 7.97. The van der Waals surface area contributed by atoms with Gasteiger partial charge in [-0.3, -0.25) is 13.9 Å². The van der Waals surface area contributed by atoms with Crippen LogP contribution in [0.2, 0.25) is 0 Å². The molecule has 8 heteroatoms. The molecule has 0 atom stereocenters. The lowest BCUT2D eigenvalue weighted by molar-refractivity contribution is -0.124. The van der Waals surface area contributed by atoms with Gasteiger partial charge in [0.2, 0.25) is 5.91 Å². The number of hydrogen-bond acceptors (Lipinski definition) is 6. The maximum atomic E-state index is 12.6. The van der Waals surface area contributed by atoms with Crippen LogP contribution in [0.4, 0.5) is 0 Å². The van der Waals surface area contributed by atoms with Crippen LogP contribution in [0, 0.1) is 6.92 Å². The molecular formula is C22H34N4O3S. The normalized spacial score (nSPS) is 16.2. The molecule has 0 aromatic heterocycles. The van der Waals surface area contributed by atoms with Crippen LogP contribution >= 0.6 is 11.9 Å². The van der Waals surface area contributed by atoms with Crippen molar-refractivity contribution in [1.82, 2.24) is 9.21 Å². The summed E-state index contributed by atoms with van der Waals surface area (Å²) in [6, 6.07) is 5.90. The lowest BCUT2D eigenvalue weighted by atomic mass is 9.89. The minimum absolute atomic E-state index is 0.00531. The summed E-state index contributed by atoms with van der Waals surface area (Å²) >= 11 is 1.77. The smallest absolute Gasteiger partial charge is 0.253 e. The fourth-order valence-corrected chi connectivity index (χ4v) is 4.36. The topological polar surface area (TPSA) is 102 Å². The van der Waals surface area contributed by atoms with E-state index in [1.807, 2.05) is 25.1 Å². The highest BCUT2D eigenvalue weighted by atomic mass is 32.2. The van der Waals surface area contributed by atoms with E-state index >= 15 is 0 Å². The van der Waals surface area contributed by atoms with Gasteiger partial charge < -0.3 is 21.1 Å². The van der Waals surface area contributed by atoms with Crippen LogP contribution < -0.4 is 11.5 Å². The number of nitrogens with two attached hydrogens (primary N) is 2. The largest absolute Gasteiger partial charge is 0.376 e. The van der Waals surface area contributed by atoms with E-state index in [4.69, 9.17) is 16.2 Å². The summed E-state index contributed by atoms with van der Waals surface area (Å²) in [4.78, 5) is 25.7. The molecule has 0 aliphatic carbocycles. The predicted octanol–water partition coefficient (Wildman–Crippen LogP) is 1.74. The zero-order valence-corrected chi connectivity index (χ0v) is 18.9. The van der Waals surface area contributed by atoms with Gasteiger partial charge in [-0.15, -0.1) is 6.58 Å². The summed E-state index contributed by atoms with van der Waals surface area (Å²) in [5, 5.41) is 0. The maximum Gasteiger partial charge on any atom is 0.253 e. The number of amides is 2. The maximum absolute atomic E-state index is 12.6. The minimum Gasteiger partial charge on any atom is -0.376 e. The standard InChI is InChI=1S/C22H34N4O3S/c1-4-13-29-14-12-25(3)20(27)19-6-5-18(17(2)16-19)7-15-30-26-10-8-22(24,9-11-26)21(23)28/h4-6,16H,1,7-15,24H2,2-3H3,(H2,23,28). The van der Waals surface area contributed by atoms with Crippen molar-refractivity contribution >= 4 is 23.8 Å². The second-order valence-electron chi connectivity index (χ2n) is 7.76. The van der Waals surface area contributed by atoms with Crippen LogP contribution in [0.3, 0.4) is 0 Å². The molecule has 1 aromatic carbocycles. The van der Waals surface area contributed by atoms with Crippen molar-refractivity contribution in [1.29, 1.82) is 0 Å². The summed E-state index contributed by atoms with van der Waals surface area (Å²) in [6.45, 7) is 8.70. The summed E-state index contributed by atoms with van der Waals surface area (Å²) in [5.74, 6) is 0.518. The van der Waals surface area contributed by atoms with E-state index in [1.165, 1.54) is 5.56 Å². The van der Waals surface area contributed by atoms with Crippen LogP contribution in [0.5, 0.6) is 0 Å². The zero-order valence-electron chi connectivity index (χ0n) is 18.1. The number of nitrogens with zero attached hydrogens (tertiary/aromatic N) is 2. The average molecular weight is 435 g/mol. The van der Waals surface area contributed by atoms with Gasteiger partial charge in [-0.25, -0.2) is 0 Å². The third-order valence-electron chi connectivity index (χ3n) is 5.49. The first-order valence-electron chi connectivity index (χ1n) is 10.3. The summed E-state index contributed by atoms with van der Waals surface area (Å²) in [5.41, 5.74) is 13.6. The Hall–Kier alpha value is -1.87. The number of carbonyl (C=O) groups is 2. The van der Waals surface area contributed by atoms with Gasteiger partial charge in [-0.2, -0.15) is 0 Å². The molecule has 2 amide bonds. The first kappa shape index (κ1) is 24.4. The fourth-order valence-electron chi connectivity index (χ4n) is 3.34. The van der Waals surface area contributed by atoms with Gasteiger partial charge in [0.1, 0.15) is 0 Å². The van der Waals surface area contributed by atoms with Crippen LogP contribution in [-0.4, -0.2) is 72.2 Å². The molecule has 0 bridgehead atoms. The van der Waals surface area contributed by atoms with Crippen molar-refractivity contribution in [3.8, 4) is 0 Å². The average Bonchev–Trinajstić information content (AvgIpc) is 2.73. The number of carbonyl (C=O) groups excluding carboxylic acids is 2. The Morgan fingerprint density at radius 1 is 1.37 bits per heavy atom. The van der Waals surface area contributed by atoms with E-state index in [-0.39, 0.29) is 5.91 Å². The van der Waals surface area contributed by atoms with Crippen molar-refractivity contribution in [2.24, 2.45) is 11.5 Å². The molecule has 1 fully saturated rings. The van der Waals surface area contributed by atoms with Crippen LogP contribution in [-0.2, 0) is 16.0 Å². The second-order valence-corrected chi connectivity index (χ2v) is 8.95. The van der Waals surface area contributed by atoms with Gasteiger partial charge in [0.25, 0.3) is 5.91 Å². The van der Waals surface area contributed by atoms with Crippen molar-refractivity contribution < 1.29 is 14.3 Å². The van der Waals surface area contributed by atoms with Crippen LogP contribution in [0.25, 0.3) is 0 Å². The van der Waals surface area contributed by atoms with Gasteiger partial charge in [-0.1, -0.05) is 24.1 Å². The molecule has 1 saturated heterocycles. The lowest BCUT2D eigenvalue weighted by Gasteiger charge is -2.36. The molecule has 1 aromatic rings. The molecule has 1 heterocycles. The Bertz CT molecular complexity index is 748. The number of benzene rings is 1. The van der Waals surface area contributed by atoms with E-state index in [9.17, 15) is 9.59 Å². The third-order valence-corrected chi connectivity index (χ3v) is 6.61. The Kier molecular flexibility index (Phi) is 9.36. The van der Waals surface area contributed by atoms with Gasteiger partial charge in [0, 0.05) is 38.0 Å². The molecule has 1 aliphatic rings. The molecular weight excluding hydrogens is 400 g/mol. The number of likely N-dealkylation sites (N-methyl/N-ethyl adjacent to an activating group) is 1. The van der Waals surface area contributed by atoms with Crippen LogP contribution in [0.1, 0.15) is 34.3 Å². The molecule has 0 saturated carbocycles. The Labute approximate surface area is 183 Å². The Morgan fingerprint density at radius 2 is 2.07 bits per heavy atom. The van der Waals surface area contributed by atoms with Gasteiger partial charge in [0.05, 0.1) is 18.8 Å². The van der Waals surface area contributed by atoms with E-state index in [2.05, 4.69) is 10.9 Å².